The molecule has 1 aliphatic rings. The fourth-order valence-electron chi connectivity index (χ4n) is 4.72. The van der Waals surface area contributed by atoms with Gasteiger partial charge in [-0.3, -0.25) is 9.69 Å². The Labute approximate surface area is 221 Å². The number of amides is 1. The first kappa shape index (κ1) is 26.3. The van der Waals surface area contributed by atoms with E-state index in [1.54, 1.807) is 14.2 Å². The van der Waals surface area contributed by atoms with E-state index in [1.165, 1.54) is 24.0 Å². The highest BCUT2D eigenvalue weighted by atomic mass is 16.5. The van der Waals surface area contributed by atoms with Crippen LogP contribution in [0.1, 0.15) is 62.3 Å². The van der Waals surface area contributed by atoms with Gasteiger partial charge in [0.1, 0.15) is 17.2 Å². The molecule has 0 radical (unpaired) electrons. The van der Waals surface area contributed by atoms with Crippen LogP contribution in [0.15, 0.2) is 78.5 Å². The van der Waals surface area contributed by atoms with Crippen molar-refractivity contribution in [2.45, 2.75) is 58.4 Å². The maximum atomic E-state index is 13.8. The Balaban J connectivity index is 1.66. The number of ether oxygens (including phenoxy) is 2. The Morgan fingerprint density at radius 1 is 0.811 bits per heavy atom. The molecule has 1 N–H and O–H groups in total. The number of benzene rings is 3. The van der Waals surface area contributed by atoms with Gasteiger partial charge in [-0.2, -0.15) is 0 Å². The molecular formula is C32H38N2O3. The molecule has 3 aromatic carbocycles. The molecule has 194 valence electrons. The summed E-state index contributed by atoms with van der Waals surface area (Å²) in [6, 6.07) is 22.1. The lowest BCUT2D eigenvalue weighted by Crippen LogP contribution is -2.31. The molecule has 0 saturated carbocycles. The average Bonchev–Trinajstić information content (AvgIpc) is 3.26. The predicted octanol–water partition coefficient (Wildman–Crippen LogP) is 7.47. The third-order valence-electron chi connectivity index (χ3n) is 6.90. The highest BCUT2D eigenvalue weighted by Gasteiger charge is 2.36. The highest BCUT2D eigenvalue weighted by Crippen LogP contribution is 2.41. The summed E-state index contributed by atoms with van der Waals surface area (Å²) in [5.74, 6) is 1.32. The average molecular weight is 499 g/mol. The minimum atomic E-state index is -0.318. The van der Waals surface area contributed by atoms with E-state index in [1.807, 2.05) is 53.4 Å². The van der Waals surface area contributed by atoms with Crippen LogP contribution in [0, 0.1) is 0 Å². The molecule has 0 fully saturated rings. The monoisotopic (exact) mass is 498 g/mol. The van der Waals surface area contributed by atoms with Crippen LogP contribution in [0.2, 0.25) is 0 Å². The van der Waals surface area contributed by atoms with E-state index < -0.39 is 0 Å². The number of methoxy groups -OCH3 is 2. The summed E-state index contributed by atoms with van der Waals surface area (Å²) < 4.78 is 11.1. The van der Waals surface area contributed by atoms with E-state index in [4.69, 9.17) is 9.47 Å². The maximum Gasteiger partial charge on any atom is 0.275 e. The molecule has 5 heteroatoms. The van der Waals surface area contributed by atoms with Gasteiger partial charge in [0, 0.05) is 23.0 Å². The lowest BCUT2D eigenvalue weighted by atomic mass is 10.0. The summed E-state index contributed by atoms with van der Waals surface area (Å²) in [6.07, 6.45) is 8.76. The molecule has 0 unspecified atom stereocenters. The number of carbonyl (C=O) groups excluding carboxylic acids is 1. The number of unbranched alkanes of at least 4 members (excludes halogenated alkanes) is 2. The van der Waals surface area contributed by atoms with Crippen LogP contribution in [-0.2, 0) is 17.6 Å². The molecule has 0 aromatic heterocycles. The van der Waals surface area contributed by atoms with Crippen LogP contribution < -0.4 is 19.7 Å². The van der Waals surface area contributed by atoms with Gasteiger partial charge in [0.25, 0.3) is 5.91 Å². The third kappa shape index (κ3) is 6.16. The number of nitrogens with zero attached hydrogens (tertiary/aromatic N) is 1. The van der Waals surface area contributed by atoms with Crippen molar-refractivity contribution in [3.8, 4) is 11.5 Å². The van der Waals surface area contributed by atoms with Gasteiger partial charge in [-0.05, 0) is 79.3 Å². The molecule has 5 nitrogen and oxygen atoms in total. The van der Waals surface area contributed by atoms with E-state index >= 15 is 0 Å². The molecule has 1 heterocycles. The SMILES string of the molecule is CCCCc1ccc(NC2=C[C@@H](c3ccc(OC)cc3OC)N(c3ccc(CCCC)cc3)C2=O)cc1. The molecule has 4 rings (SSSR count). The zero-order valence-electron chi connectivity index (χ0n) is 22.4. The summed E-state index contributed by atoms with van der Waals surface area (Å²) in [5, 5.41) is 3.38. The predicted molar refractivity (Wildman–Crippen MR) is 152 cm³/mol. The van der Waals surface area contributed by atoms with Gasteiger partial charge in [-0.15, -0.1) is 0 Å². The number of hydrogen-bond acceptors (Lipinski definition) is 4. The summed E-state index contributed by atoms with van der Waals surface area (Å²) in [5.41, 5.74) is 5.81. The van der Waals surface area contributed by atoms with Gasteiger partial charge >= 0.3 is 0 Å². The number of hydrogen-bond donors (Lipinski definition) is 1. The molecule has 1 atom stereocenters. The molecule has 0 bridgehead atoms. The lowest BCUT2D eigenvalue weighted by Gasteiger charge is -2.27. The van der Waals surface area contributed by atoms with E-state index in [-0.39, 0.29) is 11.9 Å². The Bertz CT molecular complexity index is 1220. The molecule has 0 saturated heterocycles. The summed E-state index contributed by atoms with van der Waals surface area (Å²) in [4.78, 5) is 15.7. The molecule has 0 spiro atoms. The van der Waals surface area contributed by atoms with Crippen LogP contribution in [0.25, 0.3) is 0 Å². The third-order valence-corrected chi connectivity index (χ3v) is 6.90. The first-order valence-corrected chi connectivity index (χ1v) is 13.3. The second-order valence-corrected chi connectivity index (χ2v) is 9.50. The topological polar surface area (TPSA) is 50.8 Å². The molecule has 3 aromatic rings. The van der Waals surface area contributed by atoms with Crippen molar-refractivity contribution in [2.24, 2.45) is 0 Å². The van der Waals surface area contributed by atoms with E-state index in [0.29, 0.717) is 17.2 Å². The number of carbonyl (C=O) groups is 1. The normalized spacial score (nSPS) is 15.0. The second-order valence-electron chi connectivity index (χ2n) is 9.50. The van der Waals surface area contributed by atoms with Crippen molar-refractivity contribution < 1.29 is 14.3 Å². The number of aryl methyl sites for hydroxylation is 2. The molecule has 37 heavy (non-hydrogen) atoms. The number of anilines is 2. The first-order chi connectivity index (χ1) is 18.1. The minimum Gasteiger partial charge on any atom is -0.497 e. The van der Waals surface area contributed by atoms with Crippen LogP contribution in [0.5, 0.6) is 11.5 Å². The summed E-state index contributed by atoms with van der Waals surface area (Å²) in [6.45, 7) is 4.40. The van der Waals surface area contributed by atoms with Crippen LogP contribution >= 0.6 is 0 Å². The summed E-state index contributed by atoms with van der Waals surface area (Å²) >= 11 is 0. The Hall–Kier alpha value is -3.73. The fraction of sp³-hybridized carbons (Fsp3) is 0.344. The van der Waals surface area contributed by atoms with Crippen molar-refractivity contribution in [3.63, 3.8) is 0 Å². The maximum absolute atomic E-state index is 13.8. The lowest BCUT2D eigenvalue weighted by molar-refractivity contribution is -0.114. The van der Waals surface area contributed by atoms with E-state index in [0.717, 1.165) is 42.6 Å². The van der Waals surface area contributed by atoms with Gasteiger partial charge in [0.2, 0.25) is 0 Å². The van der Waals surface area contributed by atoms with Gasteiger partial charge in [0.05, 0.1) is 20.3 Å². The highest BCUT2D eigenvalue weighted by molar-refractivity contribution is 6.11. The second kappa shape index (κ2) is 12.5. The van der Waals surface area contributed by atoms with Crippen molar-refractivity contribution in [1.29, 1.82) is 0 Å². The van der Waals surface area contributed by atoms with Gasteiger partial charge < -0.3 is 14.8 Å². The molecule has 1 amide bonds. The van der Waals surface area contributed by atoms with Crippen LogP contribution in [0.3, 0.4) is 0 Å². The van der Waals surface area contributed by atoms with Crippen LogP contribution in [-0.4, -0.2) is 20.1 Å². The smallest absolute Gasteiger partial charge is 0.275 e. The van der Waals surface area contributed by atoms with Crippen molar-refractivity contribution >= 4 is 17.3 Å². The van der Waals surface area contributed by atoms with Crippen molar-refractivity contribution in [3.05, 3.63) is 95.2 Å². The fourth-order valence-corrected chi connectivity index (χ4v) is 4.72. The molecule has 1 aliphatic heterocycles. The van der Waals surface area contributed by atoms with Gasteiger partial charge in [-0.25, -0.2) is 0 Å². The number of nitrogens with one attached hydrogen (secondary N) is 1. The van der Waals surface area contributed by atoms with Gasteiger partial charge in [0.15, 0.2) is 0 Å². The van der Waals surface area contributed by atoms with E-state index in [9.17, 15) is 4.79 Å². The Morgan fingerprint density at radius 3 is 2.00 bits per heavy atom. The Morgan fingerprint density at radius 2 is 1.43 bits per heavy atom. The standard InChI is InChI=1S/C32H38N2O3/c1-5-7-9-23-11-15-25(16-12-23)33-29-22-30(28-20-19-27(36-3)21-31(28)37-4)34(32(29)35)26-17-13-24(14-18-26)10-8-6-2/h11-22,30,33H,5-10H2,1-4H3/t30-/m0/s1. The van der Waals surface area contributed by atoms with Crippen LogP contribution in [0.4, 0.5) is 11.4 Å². The Kier molecular flexibility index (Phi) is 8.89. The first-order valence-electron chi connectivity index (χ1n) is 13.3. The van der Waals surface area contributed by atoms with Gasteiger partial charge in [-0.1, -0.05) is 51.0 Å². The van der Waals surface area contributed by atoms with Crippen molar-refractivity contribution in [2.75, 3.05) is 24.4 Å². The minimum absolute atomic E-state index is 0.0701. The van der Waals surface area contributed by atoms with E-state index in [2.05, 4.69) is 43.4 Å². The quantitative estimate of drug-likeness (QED) is 0.281. The largest absolute Gasteiger partial charge is 0.497 e. The molecule has 0 aliphatic carbocycles. The zero-order chi connectivity index (χ0) is 26.2. The molecular weight excluding hydrogens is 460 g/mol. The number of rotatable bonds is 12. The van der Waals surface area contributed by atoms with Crippen molar-refractivity contribution in [1.82, 2.24) is 0 Å². The zero-order valence-corrected chi connectivity index (χ0v) is 22.4. The summed E-state index contributed by atoms with van der Waals surface area (Å²) in [7, 11) is 3.28.